The van der Waals surface area contributed by atoms with Gasteiger partial charge in [-0.3, -0.25) is 14.9 Å². The van der Waals surface area contributed by atoms with Crippen LogP contribution in [0.4, 0.5) is 0 Å². The summed E-state index contributed by atoms with van der Waals surface area (Å²) in [5.41, 5.74) is 0.633. The van der Waals surface area contributed by atoms with E-state index in [0.717, 1.165) is 12.8 Å². The molecule has 0 fully saturated rings. The van der Waals surface area contributed by atoms with Crippen molar-refractivity contribution in [2.45, 2.75) is 38.8 Å². The molecule has 2 atom stereocenters. The average molecular weight is 278 g/mol. The molecule has 20 heavy (non-hydrogen) atoms. The monoisotopic (exact) mass is 278 g/mol. The van der Waals surface area contributed by atoms with E-state index in [1.807, 2.05) is 13.0 Å². The first-order valence-corrected chi connectivity index (χ1v) is 6.87. The molecule has 1 aromatic rings. The Bertz CT molecular complexity index is 434. The van der Waals surface area contributed by atoms with Gasteiger partial charge in [-0.25, -0.2) is 0 Å². The predicted molar refractivity (Wildman–Crippen MR) is 77.3 cm³/mol. The van der Waals surface area contributed by atoms with Gasteiger partial charge in [-0.1, -0.05) is 43.7 Å². The van der Waals surface area contributed by atoms with Gasteiger partial charge in [-0.15, -0.1) is 0 Å². The summed E-state index contributed by atoms with van der Waals surface area (Å²) in [4.78, 5) is 23.2. The van der Waals surface area contributed by atoms with Crippen LogP contribution in [0.15, 0.2) is 30.3 Å². The highest BCUT2D eigenvalue weighted by Crippen LogP contribution is 2.13. The van der Waals surface area contributed by atoms with E-state index in [-0.39, 0.29) is 5.91 Å². The standard InChI is InChI=1S/C15H22N2O3/c1-3-4-10-16-14(18)11(2)17-13(15(19)20)12-8-6-5-7-9-12/h5-9,11,13,17H,3-4,10H2,1-2H3,(H,16,18)(H,19,20). The minimum absolute atomic E-state index is 0.180. The molecule has 5 nitrogen and oxygen atoms in total. The van der Waals surface area contributed by atoms with Crippen molar-refractivity contribution in [3.8, 4) is 0 Å². The number of unbranched alkanes of at least 4 members (excludes halogenated alkanes) is 1. The lowest BCUT2D eigenvalue weighted by molar-refractivity contribution is -0.140. The van der Waals surface area contributed by atoms with Crippen LogP contribution in [-0.4, -0.2) is 29.6 Å². The summed E-state index contributed by atoms with van der Waals surface area (Å²) in [6.07, 6.45) is 1.92. The number of carboxylic acids is 1. The Balaban J connectivity index is 2.62. The number of rotatable bonds is 8. The van der Waals surface area contributed by atoms with E-state index in [9.17, 15) is 14.7 Å². The predicted octanol–water partition coefficient (Wildman–Crippen LogP) is 1.71. The van der Waals surface area contributed by atoms with E-state index < -0.39 is 18.1 Å². The number of hydrogen-bond acceptors (Lipinski definition) is 3. The van der Waals surface area contributed by atoms with Gasteiger partial charge in [0, 0.05) is 6.54 Å². The number of benzene rings is 1. The Morgan fingerprint density at radius 3 is 2.45 bits per heavy atom. The maximum Gasteiger partial charge on any atom is 0.325 e. The van der Waals surface area contributed by atoms with Crippen LogP contribution in [0, 0.1) is 0 Å². The first-order chi connectivity index (χ1) is 9.56. The van der Waals surface area contributed by atoms with Gasteiger partial charge in [0.25, 0.3) is 0 Å². The number of carbonyl (C=O) groups is 2. The first-order valence-electron chi connectivity index (χ1n) is 6.87. The number of aliphatic carboxylic acids is 1. The molecule has 3 N–H and O–H groups in total. The molecular weight excluding hydrogens is 256 g/mol. The molecule has 5 heteroatoms. The van der Waals surface area contributed by atoms with E-state index in [2.05, 4.69) is 10.6 Å². The molecule has 110 valence electrons. The molecule has 0 bridgehead atoms. The molecule has 0 radical (unpaired) electrons. The van der Waals surface area contributed by atoms with Crippen molar-refractivity contribution in [1.82, 2.24) is 10.6 Å². The fraction of sp³-hybridized carbons (Fsp3) is 0.467. The van der Waals surface area contributed by atoms with Gasteiger partial charge in [0.15, 0.2) is 0 Å². The minimum Gasteiger partial charge on any atom is -0.480 e. The van der Waals surface area contributed by atoms with Crippen LogP contribution < -0.4 is 10.6 Å². The highest BCUT2D eigenvalue weighted by Gasteiger charge is 2.24. The van der Waals surface area contributed by atoms with Crippen LogP contribution in [0.5, 0.6) is 0 Å². The van der Waals surface area contributed by atoms with Crippen molar-refractivity contribution in [3.63, 3.8) is 0 Å². The van der Waals surface area contributed by atoms with E-state index >= 15 is 0 Å². The van der Waals surface area contributed by atoms with E-state index in [1.165, 1.54) is 0 Å². The molecule has 0 saturated heterocycles. The third kappa shape index (κ3) is 5.01. The number of carboxylic acid groups (broad SMARTS) is 1. The zero-order valence-corrected chi connectivity index (χ0v) is 11.9. The van der Waals surface area contributed by atoms with Gasteiger partial charge >= 0.3 is 5.97 Å². The van der Waals surface area contributed by atoms with Crippen molar-refractivity contribution in [1.29, 1.82) is 0 Å². The molecule has 0 aliphatic carbocycles. The van der Waals surface area contributed by atoms with Gasteiger partial charge in [0.05, 0.1) is 6.04 Å². The topological polar surface area (TPSA) is 78.4 Å². The molecule has 2 unspecified atom stereocenters. The third-order valence-electron chi connectivity index (χ3n) is 3.02. The first kappa shape index (κ1) is 16.2. The van der Waals surface area contributed by atoms with Crippen LogP contribution in [0.2, 0.25) is 0 Å². The van der Waals surface area contributed by atoms with Gasteiger partial charge in [-0.05, 0) is 18.9 Å². The lowest BCUT2D eigenvalue weighted by Gasteiger charge is -2.20. The van der Waals surface area contributed by atoms with E-state index in [0.29, 0.717) is 12.1 Å². The molecule has 0 aromatic heterocycles. The van der Waals surface area contributed by atoms with Crippen LogP contribution in [0.3, 0.4) is 0 Å². The second kappa shape index (κ2) is 8.32. The molecule has 0 saturated carbocycles. The van der Waals surface area contributed by atoms with Gasteiger partial charge < -0.3 is 10.4 Å². The maximum atomic E-state index is 11.8. The summed E-state index contributed by atoms with van der Waals surface area (Å²) in [5, 5.41) is 14.9. The molecule has 1 aromatic carbocycles. The average Bonchev–Trinajstić information content (AvgIpc) is 2.45. The summed E-state index contributed by atoms with van der Waals surface area (Å²) >= 11 is 0. The number of nitrogens with one attached hydrogen (secondary N) is 2. The van der Waals surface area contributed by atoms with Crippen molar-refractivity contribution >= 4 is 11.9 Å². The summed E-state index contributed by atoms with van der Waals surface area (Å²) in [7, 11) is 0. The minimum atomic E-state index is -0.996. The molecular formula is C15H22N2O3. The molecule has 1 amide bonds. The Hall–Kier alpha value is -1.88. The summed E-state index contributed by atoms with van der Waals surface area (Å²) < 4.78 is 0. The van der Waals surface area contributed by atoms with Gasteiger partial charge in [0.1, 0.15) is 6.04 Å². The van der Waals surface area contributed by atoms with Crippen molar-refractivity contribution in [2.24, 2.45) is 0 Å². The molecule has 0 heterocycles. The lowest BCUT2D eigenvalue weighted by Crippen LogP contribution is -2.45. The fourth-order valence-electron chi connectivity index (χ4n) is 1.82. The highest BCUT2D eigenvalue weighted by atomic mass is 16.4. The Labute approximate surface area is 119 Å². The summed E-state index contributed by atoms with van der Waals surface area (Å²) in [6.45, 7) is 4.33. The second-order valence-corrected chi connectivity index (χ2v) is 4.71. The number of carbonyl (C=O) groups excluding carboxylic acids is 1. The van der Waals surface area contributed by atoms with Crippen LogP contribution >= 0.6 is 0 Å². The Kier molecular flexibility index (Phi) is 6.73. The summed E-state index contributed by atoms with van der Waals surface area (Å²) in [6, 6.07) is 7.39. The van der Waals surface area contributed by atoms with E-state index in [4.69, 9.17) is 0 Å². The molecule has 0 aliphatic rings. The van der Waals surface area contributed by atoms with Gasteiger partial charge in [0.2, 0.25) is 5.91 Å². The van der Waals surface area contributed by atoms with Crippen molar-refractivity contribution in [3.05, 3.63) is 35.9 Å². The van der Waals surface area contributed by atoms with Crippen LogP contribution in [0.1, 0.15) is 38.3 Å². The fourth-order valence-corrected chi connectivity index (χ4v) is 1.82. The SMILES string of the molecule is CCCCNC(=O)C(C)NC(C(=O)O)c1ccccc1. The summed E-state index contributed by atoms with van der Waals surface area (Å²) in [5.74, 6) is -1.18. The molecule has 0 spiro atoms. The normalized spacial score (nSPS) is 13.5. The Morgan fingerprint density at radius 2 is 1.90 bits per heavy atom. The highest BCUT2D eigenvalue weighted by molar-refractivity contribution is 5.83. The number of hydrogen-bond donors (Lipinski definition) is 3. The Morgan fingerprint density at radius 1 is 1.25 bits per heavy atom. The molecule has 0 aliphatic heterocycles. The quantitative estimate of drug-likeness (QED) is 0.633. The largest absolute Gasteiger partial charge is 0.480 e. The van der Waals surface area contributed by atoms with E-state index in [1.54, 1.807) is 31.2 Å². The molecule has 1 rings (SSSR count). The zero-order valence-electron chi connectivity index (χ0n) is 11.9. The zero-order chi connectivity index (χ0) is 15.0. The smallest absolute Gasteiger partial charge is 0.325 e. The van der Waals surface area contributed by atoms with Gasteiger partial charge in [-0.2, -0.15) is 0 Å². The lowest BCUT2D eigenvalue weighted by atomic mass is 10.1. The van der Waals surface area contributed by atoms with Crippen molar-refractivity contribution in [2.75, 3.05) is 6.54 Å². The number of amides is 1. The second-order valence-electron chi connectivity index (χ2n) is 4.71. The van der Waals surface area contributed by atoms with Crippen LogP contribution in [0.25, 0.3) is 0 Å². The maximum absolute atomic E-state index is 11.8. The third-order valence-corrected chi connectivity index (χ3v) is 3.02. The van der Waals surface area contributed by atoms with Crippen LogP contribution in [-0.2, 0) is 9.59 Å². The van der Waals surface area contributed by atoms with Crippen molar-refractivity contribution < 1.29 is 14.7 Å².